The number of hydrogen-bond acceptors (Lipinski definition) is 5. The average Bonchev–Trinajstić information content (AvgIpc) is 2.55. The van der Waals surface area contributed by atoms with E-state index in [4.69, 9.17) is 0 Å². The third-order valence-electron chi connectivity index (χ3n) is 2.86. The lowest BCUT2D eigenvalue weighted by molar-refractivity contribution is -0.135. The number of ether oxygens (including phenoxy) is 1. The average molecular weight is 567 g/mol. The molecule has 0 spiro atoms. The van der Waals surface area contributed by atoms with Crippen LogP contribution < -0.4 is 5.32 Å². The Morgan fingerprint density at radius 2 is 1.64 bits per heavy atom. The van der Waals surface area contributed by atoms with Crippen LogP contribution in [0.15, 0.2) is 43.6 Å². The molecule has 0 fully saturated rings. The number of nitrogens with one attached hydrogen (secondary N) is 1. The van der Waals surface area contributed by atoms with Gasteiger partial charge in [0.1, 0.15) is 3.58 Å². The summed E-state index contributed by atoms with van der Waals surface area (Å²) in [5.41, 5.74) is 1.28. The first-order chi connectivity index (χ1) is 11.7. The zero-order valence-corrected chi connectivity index (χ0v) is 17.8. The fourth-order valence-corrected chi connectivity index (χ4v) is 2.50. The molecule has 132 valence electrons. The van der Waals surface area contributed by atoms with E-state index in [9.17, 15) is 19.2 Å². The standard InChI is InChI=1S/C17H15I2NO5/c1-10(21)14(18)9-16(23)20-12-5-3-11(4-6-12)7-13(22)8-15(19)17(24)25-2/h3-6,8-9H,7H2,1-2H3,(H,20,23)/b14-9+,15-8+. The third-order valence-corrected chi connectivity index (χ3v) is 4.68. The Morgan fingerprint density at radius 1 is 1.04 bits per heavy atom. The van der Waals surface area contributed by atoms with Crippen LogP contribution in [0.1, 0.15) is 12.5 Å². The van der Waals surface area contributed by atoms with Gasteiger partial charge in [0.15, 0.2) is 11.6 Å². The van der Waals surface area contributed by atoms with Crippen LogP contribution in [0.5, 0.6) is 0 Å². The lowest BCUT2D eigenvalue weighted by Crippen LogP contribution is -2.09. The van der Waals surface area contributed by atoms with E-state index in [1.54, 1.807) is 69.4 Å². The number of allylic oxidation sites excluding steroid dienone is 2. The Bertz CT molecular complexity index is 751. The maximum Gasteiger partial charge on any atom is 0.344 e. The van der Waals surface area contributed by atoms with E-state index in [1.165, 1.54) is 26.2 Å². The number of ketones is 2. The molecule has 0 unspecified atom stereocenters. The minimum atomic E-state index is -0.555. The van der Waals surface area contributed by atoms with Crippen molar-refractivity contribution in [2.24, 2.45) is 0 Å². The van der Waals surface area contributed by atoms with Crippen molar-refractivity contribution < 1.29 is 23.9 Å². The Morgan fingerprint density at radius 3 is 2.16 bits per heavy atom. The molecule has 1 amide bonds. The zero-order valence-electron chi connectivity index (χ0n) is 13.5. The van der Waals surface area contributed by atoms with Gasteiger partial charge in [0, 0.05) is 24.3 Å². The minimum Gasteiger partial charge on any atom is -0.465 e. The molecule has 1 aromatic rings. The summed E-state index contributed by atoms with van der Waals surface area (Å²) in [6.45, 7) is 1.38. The topological polar surface area (TPSA) is 89.5 Å². The van der Waals surface area contributed by atoms with Gasteiger partial charge in [-0.25, -0.2) is 4.79 Å². The molecule has 6 nitrogen and oxygen atoms in total. The van der Waals surface area contributed by atoms with E-state index in [0.717, 1.165) is 5.56 Å². The Labute approximate surface area is 172 Å². The Balaban J connectivity index is 2.69. The van der Waals surface area contributed by atoms with Crippen LogP contribution in [0.3, 0.4) is 0 Å². The smallest absolute Gasteiger partial charge is 0.344 e. The molecule has 0 aliphatic carbocycles. The maximum atomic E-state index is 11.9. The van der Waals surface area contributed by atoms with Crippen LogP contribution in [0.4, 0.5) is 5.69 Å². The summed E-state index contributed by atoms with van der Waals surface area (Å²) in [6.07, 6.45) is 2.58. The van der Waals surface area contributed by atoms with E-state index >= 15 is 0 Å². The first-order valence-corrected chi connectivity index (χ1v) is 9.15. The molecular formula is C17H15I2NO5. The number of rotatable bonds is 7. The summed E-state index contributed by atoms with van der Waals surface area (Å²) in [5.74, 6) is -1.37. The van der Waals surface area contributed by atoms with Crippen molar-refractivity contribution in [2.75, 3.05) is 12.4 Å². The summed E-state index contributed by atoms with van der Waals surface area (Å²) in [5, 5.41) is 2.63. The number of carbonyl (C=O) groups excluding carboxylic acids is 4. The SMILES string of the molecule is COC(=O)/C(I)=C\C(=O)Cc1ccc(NC(=O)/C=C(/I)C(C)=O)cc1. The van der Waals surface area contributed by atoms with Crippen LogP contribution >= 0.6 is 45.2 Å². The highest BCUT2D eigenvalue weighted by molar-refractivity contribution is 14.1. The fraction of sp³-hybridized carbons (Fsp3) is 0.176. The number of amides is 1. The lowest BCUT2D eigenvalue weighted by Gasteiger charge is -2.04. The van der Waals surface area contributed by atoms with Gasteiger partial charge in [0.05, 0.1) is 10.7 Å². The molecule has 1 rings (SSSR count). The quantitative estimate of drug-likeness (QED) is 0.311. The molecule has 0 saturated heterocycles. The second-order valence-electron chi connectivity index (χ2n) is 4.86. The number of halogens is 2. The first kappa shape index (κ1) is 21.5. The van der Waals surface area contributed by atoms with Gasteiger partial charge in [0.25, 0.3) is 0 Å². The molecule has 0 heterocycles. The van der Waals surface area contributed by atoms with E-state index < -0.39 is 11.9 Å². The van der Waals surface area contributed by atoms with Crippen molar-refractivity contribution in [1.29, 1.82) is 0 Å². The summed E-state index contributed by atoms with van der Waals surface area (Å²) in [7, 11) is 1.25. The Hall–Kier alpha value is -1.56. The summed E-state index contributed by atoms with van der Waals surface area (Å²) in [6, 6.07) is 6.71. The highest BCUT2D eigenvalue weighted by Gasteiger charge is 2.09. The highest BCUT2D eigenvalue weighted by Crippen LogP contribution is 2.14. The largest absolute Gasteiger partial charge is 0.465 e. The van der Waals surface area contributed by atoms with Crippen molar-refractivity contribution in [3.05, 3.63) is 49.1 Å². The van der Waals surface area contributed by atoms with Crippen molar-refractivity contribution in [2.45, 2.75) is 13.3 Å². The predicted octanol–water partition coefficient (Wildman–Crippen LogP) is 3.14. The van der Waals surface area contributed by atoms with Gasteiger partial charge in [-0.2, -0.15) is 0 Å². The van der Waals surface area contributed by atoms with Gasteiger partial charge in [-0.05, 0) is 69.8 Å². The Kier molecular flexibility index (Phi) is 8.97. The van der Waals surface area contributed by atoms with Gasteiger partial charge in [0.2, 0.25) is 5.91 Å². The van der Waals surface area contributed by atoms with Gasteiger partial charge in [-0.1, -0.05) is 12.1 Å². The number of benzene rings is 1. The summed E-state index contributed by atoms with van der Waals surface area (Å²) < 4.78 is 5.07. The maximum absolute atomic E-state index is 11.9. The second-order valence-corrected chi connectivity index (χ2v) is 7.19. The van der Waals surface area contributed by atoms with Crippen LogP contribution in [0.25, 0.3) is 0 Å². The lowest BCUT2D eigenvalue weighted by atomic mass is 10.1. The van der Waals surface area contributed by atoms with Crippen molar-refractivity contribution in [3.63, 3.8) is 0 Å². The first-order valence-electron chi connectivity index (χ1n) is 6.99. The van der Waals surface area contributed by atoms with Crippen LogP contribution in [0, 0.1) is 0 Å². The van der Waals surface area contributed by atoms with Crippen molar-refractivity contribution >= 4 is 74.3 Å². The third kappa shape index (κ3) is 7.90. The van der Waals surface area contributed by atoms with E-state index in [0.29, 0.717) is 9.27 Å². The van der Waals surface area contributed by atoms with Gasteiger partial charge < -0.3 is 10.1 Å². The van der Waals surface area contributed by atoms with Crippen molar-refractivity contribution in [3.8, 4) is 0 Å². The number of esters is 1. The molecule has 0 bridgehead atoms. The van der Waals surface area contributed by atoms with Gasteiger partial charge in [-0.15, -0.1) is 0 Å². The number of methoxy groups -OCH3 is 1. The number of hydrogen-bond donors (Lipinski definition) is 1. The molecule has 0 atom stereocenters. The number of anilines is 1. The molecule has 25 heavy (non-hydrogen) atoms. The fourth-order valence-electron chi connectivity index (χ4n) is 1.65. The highest BCUT2D eigenvalue weighted by atomic mass is 127. The number of carbonyl (C=O) groups is 4. The van der Waals surface area contributed by atoms with Gasteiger partial charge >= 0.3 is 5.97 Å². The zero-order chi connectivity index (χ0) is 19.0. The molecule has 0 aliphatic heterocycles. The monoisotopic (exact) mass is 567 g/mol. The molecule has 0 aliphatic rings. The van der Waals surface area contributed by atoms with Gasteiger partial charge in [-0.3, -0.25) is 14.4 Å². The van der Waals surface area contributed by atoms with Crippen LogP contribution in [-0.2, 0) is 30.3 Å². The number of Topliss-reactive ketones (excluding diaryl/α,β-unsaturated/α-hetero) is 1. The van der Waals surface area contributed by atoms with E-state index in [1.807, 2.05) is 0 Å². The molecule has 0 saturated carbocycles. The molecule has 8 heteroatoms. The van der Waals surface area contributed by atoms with Crippen molar-refractivity contribution in [1.82, 2.24) is 0 Å². The molecule has 0 radical (unpaired) electrons. The summed E-state index contributed by atoms with van der Waals surface area (Å²) >= 11 is 3.54. The normalized spacial score (nSPS) is 11.7. The molecule has 1 aromatic carbocycles. The predicted molar refractivity (Wildman–Crippen MR) is 111 cm³/mol. The summed E-state index contributed by atoms with van der Waals surface area (Å²) in [4.78, 5) is 46.0. The molecular weight excluding hydrogens is 552 g/mol. The van der Waals surface area contributed by atoms with E-state index in [2.05, 4.69) is 10.1 Å². The second kappa shape index (κ2) is 10.4. The van der Waals surface area contributed by atoms with E-state index in [-0.39, 0.29) is 21.6 Å². The van der Waals surface area contributed by atoms with Crippen LogP contribution in [0.2, 0.25) is 0 Å². The van der Waals surface area contributed by atoms with Crippen LogP contribution in [-0.4, -0.2) is 30.6 Å². The minimum absolute atomic E-state index is 0.125. The molecule has 0 aromatic heterocycles. The molecule has 1 N–H and O–H groups in total.